The van der Waals surface area contributed by atoms with E-state index in [9.17, 15) is 5.11 Å². The molecule has 1 aliphatic rings. The number of nitrogens with zero attached hydrogens (tertiary/aromatic N) is 2. The van der Waals surface area contributed by atoms with E-state index in [0.29, 0.717) is 37.9 Å². The zero-order valence-electron chi connectivity index (χ0n) is 8.64. The van der Waals surface area contributed by atoms with E-state index in [1.165, 1.54) is 0 Å². The van der Waals surface area contributed by atoms with Gasteiger partial charge in [0, 0.05) is 13.2 Å². The molecule has 1 aromatic heterocycles. The molecule has 0 spiro atoms. The summed E-state index contributed by atoms with van der Waals surface area (Å²) in [5, 5.41) is 16.2. The molecule has 0 aliphatic carbocycles. The fourth-order valence-corrected chi connectivity index (χ4v) is 1.57. The highest BCUT2D eigenvalue weighted by molar-refractivity contribution is 4.96. The van der Waals surface area contributed by atoms with Crippen LogP contribution in [0.15, 0.2) is 4.52 Å². The molecule has 6 heteroatoms. The molecule has 0 aromatic carbocycles. The van der Waals surface area contributed by atoms with Gasteiger partial charge < -0.3 is 19.7 Å². The summed E-state index contributed by atoms with van der Waals surface area (Å²) in [7, 11) is 0. The highest BCUT2D eigenvalue weighted by Crippen LogP contribution is 2.21. The predicted molar refractivity (Wildman–Crippen MR) is 51.0 cm³/mol. The van der Waals surface area contributed by atoms with Crippen molar-refractivity contribution in [2.75, 3.05) is 13.2 Å². The molecule has 2 heterocycles. The fraction of sp³-hybridized carbons (Fsp3) is 0.778. The molecule has 15 heavy (non-hydrogen) atoms. The zero-order chi connectivity index (χ0) is 10.7. The van der Waals surface area contributed by atoms with Gasteiger partial charge >= 0.3 is 0 Å². The Bertz CT molecular complexity index is 315. The van der Waals surface area contributed by atoms with Gasteiger partial charge in [0.25, 0.3) is 0 Å². The van der Waals surface area contributed by atoms with Crippen LogP contribution in [0.2, 0.25) is 0 Å². The molecule has 1 aromatic rings. The molecule has 84 valence electrons. The molecule has 1 saturated heterocycles. The second-order valence-corrected chi connectivity index (χ2v) is 3.54. The molecule has 0 amide bonds. The van der Waals surface area contributed by atoms with Crippen LogP contribution in [-0.4, -0.2) is 34.5 Å². The van der Waals surface area contributed by atoms with E-state index in [1.807, 2.05) is 6.92 Å². The maximum atomic E-state index is 9.33. The second kappa shape index (κ2) is 4.69. The first kappa shape index (κ1) is 10.5. The Balaban J connectivity index is 1.94. The van der Waals surface area contributed by atoms with E-state index in [0.717, 1.165) is 0 Å². The maximum Gasteiger partial charge on any atom is 0.243 e. The van der Waals surface area contributed by atoms with Crippen LogP contribution >= 0.6 is 0 Å². The number of rotatable bonds is 4. The molecule has 0 saturated carbocycles. The molecule has 2 N–H and O–H groups in total. The first-order chi connectivity index (χ1) is 7.29. The normalized spacial score (nSPS) is 26.0. The summed E-state index contributed by atoms with van der Waals surface area (Å²) in [4.78, 5) is 4.19. The van der Waals surface area contributed by atoms with E-state index in [4.69, 9.17) is 9.26 Å². The SMILES string of the molecule is CCOCc1noc([C@H]2C[C@@H](O)CN2)n1. The van der Waals surface area contributed by atoms with Crippen LogP contribution in [-0.2, 0) is 11.3 Å². The van der Waals surface area contributed by atoms with Crippen LogP contribution < -0.4 is 5.32 Å². The van der Waals surface area contributed by atoms with Crippen LogP contribution in [0.1, 0.15) is 31.1 Å². The van der Waals surface area contributed by atoms with Crippen LogP contribution in [0.5, 0.6) is 0 Å². The quantitative estimate of drug-likeness (QED) is 0.733. The third-order valence-electron chi connectivity index (χ3n) is 2.32. The molecular formula is C9H15N3O3. The Morgan fingerprint density at radius 3 is 3.20 bits per heavy atom. The lowest BCUT2D eigenvalue weighted by Crippen LogP contribution is -2.15. The summed E-state index contributed by atoms with van der Waals surface area (Å²) < 4.78 is 10.2. The lowest BCUT2D eigenvalue weighted by atomic mass is 10.2. The molecule has 0 unspecified atom stereocenters. The third kappa shape index (κ3) is 2.53. The topological polar surface area (TPSA) is 80.4 Å². The summed E-state index contributed by atoms with van der Waals surface area (Å²) in [6, 6.07) is -0.0251. The Morgan fingerprint density at radius 2 is 2.53 bits per heavy atom. The van der Waals surface area contributed by atoms with Crippen molar-refractivity contribution >= 4 is 0 Å². The fourth-order valence-electron chi connectivity index (χ4n) is 1.57. The average Bonchev–Trinajstić information content (AvgIpc) is 2.83. The summed E-state index contributed by atoms with van der Waals surface area (Å²) in [5.41, 5.74) is 0. The number of aromatic nitrogens is 2. The minimum Gasteiger partial charge on any atom is -0.392 e. The molecule has 2 atom stereocenters. The molecule has 2 rings (SSSR count). The lowest BCUT2D eigenvalue weighted by molar-refractivity contribution is 0.126. The number of nitrogens with one attached hydrogen (secondary N) is 1. The van der Waals surface area contributed by atoms with Gasteiger partial charge in [0.05, 0.1) is 12.1 Å². The van der Waals surface area contributed by atoms with Crippen molar-refractivity contribution in [1.82, 2.24) is 15.5 Å². The molecule has 1 fully saturated rings. The van der Waals surface area contributed by atoms with Gasteiger partial charge in [-0.15, -0.1) is 0 Å². The largest absolute Gasteiger partial charge is 0.392 e. The minimum absolute atomic E-state index is 0.0251. The van der Waals surface area contributed by atoms with Gasteiger partial charge in [0.1, 0.15) is 6.61 Å². The van der Waals surface area contributed by atoms with Crippen molar-refractivity contribution in [2.45, 2.75) is 32.1 Å². The van der Waals surface area contributed by atoms with Crippen molar-refractivity contribution in [2.24, 2.45) is 0 Å². The van der Waals surface area contributed by atoms with E-state index in [2.05, 4.69) is 15.5 Å². The number of β-amino-alcohol motifs (C(OH)–C–C–N with tert-alkyl or cyclic N) is 1. The van der Waals surface area contributed by atoms with Gasteiger partial charge in [-0.25, -0.2) is 0 Å². The number of hydrogen-bond donors (Lipinski definition) is 2. The van der Waals surface area contributed by atoms with Crippen molar-refractivity contribution in [3.63, 3.8) is 0 Å². The molecule has 1 aliphatic heterocycles. The summed E-state index contributed by atoms with van der Waals surface area (Å²) in [5.74, 6) is 1.08. The monoisotopic (exact) mass is 213 g/mol. The highest BCUT2D eigenvalue weighted by Gasteiger charge is 2.27. The van der Waals surface area contributed by atoms with Gasteiger partial charge in [-0.05, 0) is 13.3 Å². The van der Waals surface area contributed by atoms with Gasteiger partial charge in [-0.2, -0.15) is 4.98 Å². The molecular weight excluding hydrogens is 198 g/mol. The van der Waals surface area contributed by atoms with Crippen LogP contribution in [0.4, 0.5) is 0 Å². The van der Waals surface area contributed by atoms with Crippen molar-refractivity contribution in [3.8, 4) is 0 Å². The van der Waals surface area contributed by atoms with Gasteiger partial charge in [0.15, 0.2) is 5.82 Å². The minimum atomic E-state index is -0.322. The highest BCUT2D eigenvalue weighted by atomic mass is 16.5. The Hall–Kier alpha value is -0.980. The van der Waals surface area contributed by atoms with E-state index in [1.54, 1.807) is 0 Å². The number of aliphatic hydroxyl groups excluding tert-OH is 1. The Labute approximate surface area is 87.6 Å². The second-order valence-electron chi connectivity index (χ2n) is 3.54. The number of ether oxygens (including phenoxy) is 1. The number of aliphatic hydroxyl groups is 1. The lowest BCUT2D eigenvalue weighted by Gasteiger charge is -2.01. The smallest absolute Gasteiger partial charge is 0.243 e. The Kier molecular flexibility index (Phi) is 3.30. The maximum absolute atomic E-state index is 9.33. The molecule has 0 radical (unpaired) electrons. The van der Waals surface area contributed by atoms with E-state index < -0.39 is 0 Å². The first-order valence-electron chi connectivity index (χ1n) is 5.11. The summed E-state index contributed by atoms with van der Waals surface area (Å²) in [6.45, 7) is 3.49. The van der Waals surface area contributed by atoms with Gasteiger partial charge in [-0.3, -0.25) is 0 Å². The summed E-state index contributed by atoms with van der Waals surface area (Å²) >= 11 is 0. The average molecular weight is 213 g/mol. The van der Waals surface area contributed by atoms with Crippen molar-refractivity contribution < 1.29 is 14.4 Å². The number of hydrogen-bond acceptors (Lipinski definition) is 6. The first-order valence-corrected chi connectivity index (χ1v) is 5.11. The zero-order valence-corrected chi connectivity index (χ0v) is 8.64. The van der Waals surface area contributed by atoms with Crippen molar-refractivity contribution in [3.05, 3.63) is 11.7 Å². The van der Waals surface area contributed by atoms with Crippen molar-refractivity contribution in [1.29, 1.82) is 0 Å². The van der Waals surface area contributed by atoms with E-state index in [-0.39, 0.29) is 12.1 Å². The van der Waals surface area contributed by atoms with Crippen LogP contribution in [0.25, 0.3) is 0 Å². The van der Waals surface area contributed by atoms with Crippen LogP contribution in [0, 0.1) is 0 Å². The van der Waals surface area contributed by atoms with Gasteiger partial charge in [-0.1, -0.05) is 5.16 Å². The standard InChI is InChI=1S/C9H15N3O3/c1-2-14-5-8-11-9(15-12-8)7-3-6(13)4-10-7/h6-7,10,13H,2-5H2,1H3/t6-,7-/m1/s1. The third-order valence-corrected chi connectivity index (χ3v) is 2.32. The van der Waals surface area contributed by atoms with Crippen LogP contribution in [0.3, 0.4) is 0 Å². The predicted octanol–water partition coefficient (Wildman–Crippen LogP) is 0.00140. The molecule has 0 bridgehead atoms. The Morgan fingerprint density at radius 1 is 1.67 bits per heavy atom. The molecule has 6 nitrogen and oxygen atoms in total. The van der Waals surface area contributed by atoms with Gasteiger partial charge in [0.2, 0.25) is 5.89 Å². The van der Waals surface area contributed by atoms with E-state index >= 15 is 0 Å². The summed E-state index contributed by atoms with van der Waals surface area (Å²) in [6.07, 6.45) is 0.299.